The Kier molecular flexibility index (Phi) is 2.97. The van der Waals surface area contributed by atoms with E-state index in [2.05, 4.69) is 10.1 Å². The van der Waals surface area contributed by atoms with Crippen LogP contribution in [0.25, 0.3) is 11.4 Å². The molecule has 3 rings (SSSR count). The first-order valence-electron chi connectivity index (χ1n) is 6.66. The Labute approximate surface area is 121 Å². The average Bonchev–Trinajstić information content (AvgIpc) is 2.84. The van der Waals surface area contributed by atoms with Crippen molar-refractivity contribution < 1.29 is 19.2 Å². The minimum Gasteiger partial charge on any atom is -0.497 e. The van der Waals surface area contributed by atoms with Crippen molar-refractivity contribution in [3.8, 4) is 17.1 Å². The number of aromatic nitrogens is 2. The van der Waals surface area contributed by atoms with Gasteiger partial charge in [-0.1, -0.05) is 19.0 Å². The summed E-state index contributed by atoms with van der Waals surface area (Å²) in [4.78, 5) is 15.5. The Balaban J connectivity index is 1.85. The second kappa shape index (κ2) is 4.58. The van der Waals surface area contributed by atoms with Gasteiger partial charge in [-0.3, -0.25) is 4.79 Å². The van der Waals surface area contributed by atoms with E-state index in [1.807, 2.05) is 38.1 Å². The van der Waals surface area contributed by atoms with Crippen molar-refractivity contribution in [2.75, 3.05) is 7.11 Å². The highest BCUT2D eigenvalue weighted by molar-refractivity contribution is 5.77. The molecule has 0 amide bonds. The fourth-order valence-electron chi connectivity index (χ4n) is 2.78. The minimum atomic E-state index is -0.825. The third-order valence-electron chi connectivity index (χ3n) is 4.15. The number of aliphatic carboxylic acids is 1. The Morgan fingerprint density at radius 3 is 2.52 bits per heavy atom. The molecule has 2 atom stereocenters. The highest BCUT2D eigenvalue weighted by Gasteiger charge is 2.65. The van der Waals surface area contributed by atoms with Gasteiger partial charge in [0.2, 0.25) is 11.7 Å². The number of rotatable bonds is 4. The molecule has 0 bridgehead atoms. The molecule has 0 radical (unpaired) electrons. The van der Waals surface area contributed by atoms with Gasteiger partial charge in [-0.2, -0.15) is 4.98 Å². The van der Waals surface area contributed by atoms with Gasteiger partial charge in [0.1, 0.15) is 5.75 Å². The third-order valence-corrected chi connectivity index (χ3v) is 4.15. The summed E-state index contributed by atoms with van der Waals surface area (Å²) in [7, 11) is 1.60. The van der Waals surface area contributed by atoms with Gasteiger partial charge in [0.25, 0.3) is 0 Å². The van der Waals surface area contributed by atoms with Gasteiger partial charge in [-0.05, 0) is 29.7 Å². The first kappa shape index (κ1) is 13.6. The Morgan fingerprint density at radius 1 is 1.33 bits per heavy atom. The number of carboxylic acids is 1. The number of carbonyl (C=O) groups is 1. The lowest BCUT2D eigenvalue weighted by molar-refractivity contribution is -0.139. The number of ether oxygens (including phenoxy) is 1. The van der Waals surface area contributed by atoms with Gasteiger partial charge in [-0.15, -0.1) is 0 Å². The number of nitrogens with zero attached hydrogens (tertiary/aromatic N) is 2. The Bertz CT molecular complexity index is 675. The van der Waals surface area contributed by atoms with Gasteiger partial charge < -0.3 is 14.4 Å². The zero-order valence-corrected chi connectivity index (χ0v) is 12.0. The number of methoxy groups -OCH3 is 1. The van der Waals surface area contributed by atoms with E-state index in [-0.39, 0.29) is 11.3 Å². The molecule has 1 aliphatic rings. The molecule has 6 nitrogen and oxygen atoms in total. The molecular weight excluding hydrogens is 272 g/mol. The van der Waals surface area contributed by atoms with E-state index in [0.29, 0.717) is 11.7 Å². The van der Waals surface area contributed by atoms with E-state index >= 15 is 0 Å². The van der Waals surface area contributed by atoms with Crippen molar-refractivity contribution in [2.45, 2.75) is 19.8 Å². The highest BCUT2D eigenvalue weighted by Crippen LogP contribution is 2.64. The molecule has 2 unspecified atom stereocenters. The van der Waals surface area contributed by atoms with Crippen LogP contribution in [0, 0.1) is 11.3 Å². The van der Waals surface area contributed by atoms with E-state index in [4.69, 9.17) is 9.26 Å². The lowest BCUT2D eigenvalue weighted by atomic mass is 10.1. The first-order chi connectivity index (χ1) is 9.95. The van der Waals surface area contributed by atoms with Crippen LogP contribution in [0.3, 0.4) is 0 Å². The van der Waals surface area contributed by atoms with Crippen LogP contribution < -0.4 is 4.74 Å². The summed E-state index contributed by atoms with van der Waals surface area (Å²) in [5.74, 6) is 0.0693. The predicted octanol–water partition coefficient (Wildman–Crippen LogP) is 2.57. The third kappa shape index (κ3) is 2.16. The smallest absolute Gasteiger partial charge is 0.307 e. The predicted molar refractivity (Wildman–Crippen MR) is 73.9 cm³/mol. The van der Waals surface area contributed by atoms with Crippen LogP contribution in [-0.4, -0.2) is 28.3 Å². The molecule has 1 aromatic carbocycles. The molecule has 0 spiro atoms. The van der Waals surface area contributed by atoms with E-state index in [9.17, 15) is 9.90 Å². The van der Waals surface area contributed by atoms with Crippen LogP contribution >= 0.6 is 0 Å². The van der Waals surface area contributed by atoms with Crippen molar-refractivity contribution in [3.05, 3.63) is 30.2 Å². The maximum atomic E-state index is 11.2. The van der Waals surface area contributed by atoms with Crippen LogP contribution in [0.4, 0.5) is 0 Å². The maximum Gasteiger partial charge on any atom is 0.307 e. The standard InChI is InChI=1S/C15H16N2O4/c1-15(2)10(11(15)14(18)19)13-16-12(17-21-13)8-4-6-9(20-3)7-5-8/h4-7,10-11H,1-3H3,(H,18,19). The number of hydrogen-bond acceptors (Lipinski definition) is 5. The van der Waals surface area contributed by atoms with Crippen LogP contribution in [-0.2, 0) is 4.79 Å². The topological polar surface area (TPSA) is 85.5 Å². The average molecular weight is 288 g/mol. The van der Waals surface area contributed by atoms with Crippen LogP contribution in [0.1, 0.15) is 25.7 Å². The molecule has 1 aliphatic carbocycles. The van der Waals surface area contributed by atoms with E-state index in [0.717, 1.165) is 11.3 Å². The van der Waals surface area contributed by atoms with Gasteiger partial charge >= 0.3 is 5.97 Å². The second-order valence-corrected chi connectivity index (χ2v) is 5.80. The van der Waals surface area contributed by atoms with Gasteiger partial charge in [0.15, 0.2) is 0 Å². The Morgan fingerprint density at radius 2 is 2.00 bits per heavy atom. The number of carboxylic acid groups (broad SMARTS) is 1. The zero-order valence-electron chi connectivity index (χ0n) is 12.0. The summed E-state index contributed by atoms with van der Waals surface area (Å²) < 4.78 is 10.4. The van der Waals surface area contributed by atoms with Crippen LogP contribution in [0.5, 0.6) is 5.75 Å². The van der Waals surface area contributed by atoms with Gasteiger partial charge in [-0.25, -0.2) is 0 Å². The molecule has 1 aromatic heterocycles. The largest absolute Gasteiger partial charge is 0.497 e. The molecule has 1 N–H and O–H groups in total. The SMILES string of the molecule is COc1ccc(-c2noc(C3C(C(=O)O)C3(C)C)n2)cc1. The van der Waals surface area contributed by atoms with Gasteiger partial charge in [0, 0.05) is 5.56 Å². The summed E-state index contributed by atoms with van der Waals surface area (Å²) in [5.41, 5.74) is 0.450. The van der Waals surface area contributed by atoms with E-state index in [1.54, 1.807) is 7.11 Å². The van der Waals surface area contributed by atoms with E-state index < -0.39 is 11.9 Å². The second-order valence-electron chi connectivity index (χ2n) is 5.80. The molecule has 1 heterocycles. The summed E-state index contributed by atoms with van der Waals surface area (Å²) in [5, 5.41) is 13.1. The molecule has 2 aromatic rings. The van der Waals surface area contributed by atoms with Crippen LogP contribution in [0.15, 0.2) is 28.8 Å². The fourth-order valence-corrected chi connectivity index (χ4v) is 2.78. The maximum absolute atomic E-state index is 11.2. The molecule has 21 heavy (non-hydrogen) atoms. The molecule has 6 heteroatoms. The molecule has 1 saturated carbocycles. The summed E-state index contributed by atoms with van der Waals surface area (Å²) in [6, 6.07) is 7.29. The highest BCUT2D eigenvalue weighted by atomic mass is 16.5. The van der Waals surface area contributed by atoms with Crippen molar-refractivity contribution in [1.29, 1.82) is 0 Å². The lowest BCUT2D eigenvalue weighted by Gasteiger charge is -1.99. The van der Waals surface area contributed by atoms with Gasteiger partial charge in [0.05, 0.1) is 18.9 Å². The van der Waals surface area contributed by atoms with Crippen molar-refractivity contribution in [1.82, 2.24) is 10.1 Å². The molecule has 0 aliphatic heterocycles. The molecule has 0 saturated heterocycles. The van der Waals surface area contributed by atoms with Crippen molar-refractivity contribution in [3.63, 3.8) is 0 Å². The monoisotopic (exact) mass is 288 g/mol. The summed E-state index contributed by atoms with van der Waals surface area (Å²) >= 11 is 0. The number of benzene rings is 1. The lowest BCUT2D eigenvalue weighted by Crippen LogP contribution is -2.03. The summed E-state index contributed by atoms with van der Waals surface area (Å²) in [6.45, 7) is 3.79. The molecule has 1 fully saturated rings. The summed E-state index contributed by atoms with van der Waals surface area (Å²) in [6.07, 6.45) is 0. The van der Waals surface area contributed by atoms with Crippen LogP contribution in [0.2, 0.25) is 0 Å². The van der Waals surface area contributed by atoms with Crippen molar-refractivity contribution in [2.24, 2.45) is 11.3 Å². The normalized spacial score (nSPS) is 22.8. The number of hydrogen-bond donors (Lipinski definition) is 1. The first-order valence-corrected chi connectivity index (χ1v) is 6.66. The molecular formula is C15H16N2O4. The minimum absolute atomic E-state index is 0.227. The molecule has 110 valence electrons. The van der Waals surface area contributed by atoms with E-state index in [1.165, 1.54) is 0 Å². The quantitative estimate of drug-likeness (QED) is 0.930. The Hall–Kier alpha value is -2.37. The fraction of sp³-hybridized carbons (Fsp3) is 0.400. The van der Waals surface area contributed by atoms with Crippen molar-refractivity contribution >= 4 is 5.97 Å². The zero-order chi connectivity index (χ0) is 15.2.